The Labute approximate surface area is 116 Å². The molecule has 0 radical (unpaired) electrons. The fraction of sp³-hybridized carbons (Fsp3) is 0.133. The highest BCUT2D eigenvalue weighted by atomic mass is 79.9. The zero-order valence-corrected chi connectivity index (χ0v) is 11.7. The molecule has 2 nitrogen and oxygen atoms in total. The lowest BCUT2D eigenvalue weighted by Crippen LogP contribution is -2.17. The first-order chi connectivity index (χ1) is 8.72. The lowest BCUT2D eigenvalue weighted by molar-refractivity contribution is 0.916. The summed E-state index contributed by atoms with van der Waals surface area (Å²) in [6, 6.07) is 18.0. The number of nitriles is 1. The van der Waals surface area contributed by atoms with E-state index in [-0.39, 0.29) is 0 Å². The van der Waals surface area contributed by atoms with Crippen molar-refractivity contribution >= 4 is 21.6 Å². The molecule has 0 amide bonds. The monoisotopic (exact) mass is 300 g/mol. The summed E-state index contributed by atoms with van der Waals surface area (Å²) in [7, 11) is 2.00. The van der Waals surface area contributed by atoms with Gasteiger partial charge < -0.3 is 4.90 Å². The van der Waals surface area contributed by atoms with Gasteiger partial charge in [0, 0.05) is 18.1 Å². The van der Waals surface area contributed by atoms with Crippen molar-refractivity contribution in [1.82, 2.24) is 0 Å². The van der Waals surface area contributed by atoms with Gasteiger partial charge in [0.25, 0.3) is 0 Å². The minimum Gasteiger partial charge on any atom is -0.369 e. The molecule has 0 unspecified atom stereocenters. The highest BCUT2D eigenvalue weighted by Gasteiger charge is 2.08. The third-order valence-corrected chi connectivity index (χ3v) is 3.57. The Morgan fingerprint density at radius 1 is 1.11 bits per heavy atom. The van der Waals surface area contributed by atoms with Crippen molar-refractivity contribution in [3.05, 3.63) is 64.1 Å². The second-order valence-corrected chi connectivity index (χ2v) is 4.93. The summed E-state index contributed by atoms with van der Waals surface area (Å²) in [4.78, 5) is 2.08. The highest BCUT2D eigenvalue weighted by Crippen LogP contribution is 2.23. The van der Waals surface area contributed by atoms with Crippen molar-refractivity contribution in [3.8, 4) is 6.07 Å². The fourth-order valence-electron chi connectivity index (χ4n) is 1.87. The van der Waals surface area contributed by atoms with E-state index in [1.807, 2.05) is 49.5 Å². The van der Waals surface area contributed by atoms with E-state index in [0.717, 1.165) is 16.7 Å². The molecule has 0 bridgehead atoms. The van der Waals surface area contributed by atoms with Gasteiger partial charge in [0.2, 0.25) is 0 Å². The number of anilines is 1. The van der Waals surface area contributed by atoms with Crippen LogP contribution >= 0.6 is 15.9 Å². The maximum atomic E-state index is 9.10. The quantitative estimate of drug-likeness (QED) is 0.858. The highest BCUT2D eigenvalue weighted by molar-refractivity contribution is 9.10. The Hall–Kier alpha value is -1.79. The zero-order valence-electron chi connectivity index (χ0n) is 10.1. The SMILES string of the molecule is CN(Cc1ccccc1Br)c1ccccc1C#N. The number of halogens is 1. The predicted molar refractivity (Wildman–Crippen MR) is 77.4 cm³/mol. The van der Waals surface area contributed by atoms with Gasteiger partial charge in [-0.2, -0.15) is 5.26 Å². The summed E-state index contributed by atoms with van der Waals surface area (Å²) in [5.74, 6) is 0. The molecule has 0 saturated carbocycles. The molecule has 0 heterocycles. The molecule has 3 heteroatoms. The summed E-state index contributed by atoms with van der Waals surface area (Å²) in [6.45, 7) is 0.764. The van der Waals surface area contributed by atoms with Crippen molar-refractivity contribution in [2.45, 2.75) is 6.54 Å². The Kier molecular flexibility index (Phi) is 4.01. The van der Waals surface area contributed by atoms with Crippen LogP contribution in [-0.4, -0.2) is 7.05 Å². The molecular weight excluding hydrogens is 288 g/mol. The van der Waals surface area contributed by atoms with Crippen molar-refractivity contribution in [2.24, 2.45) is 0 Å². The third kappa shape index (κ3) is 2.72. The lowest BCUT2D eigenvalue weighted by atomic mass is 10.1. The van der Waals surface area contributed by atoms with Crippen molar-refractivity contribution in [2.75, 3.05) is 11.9 Å². The molecule has 0 aliphatic heterocycles. The van der Waals surface area contributed by atoms with E-state index >= 15 is 0 Å². The molecule has 18 heavy (non-hydrogen) atoms. The minimum atomic E-state index is 0.701. The molecular formula is C15H13BrN2. The molecule has 0 fully saturated rings. The first-order valence-electron chi connectivity index (χ1n) is 5.66. The Morgan fingerprint density at radius 2 is 1.78 bits per heavy atom. The molecule has 0 atom stereocenters. The molecule has 2 rings (SSSR count). The zero-order chi connectivity index (χ0) is 13.0. The second-order valence-electron chi connectivity index (χ2n) is 4.08. The molecule has 2 aromatic rings. The van der Waals surface area contributed by atoms with Gasteiger partial charge in [-0.3, -0.25) is 0 Å². The van der Waals surface area contributed by atoms with Gasteiger partial charge in [-0.25, -0.2) is 0 Å². The smallest absolute Gasteiger partial charge is 0.101 e. The van der Waals surface area contributed by atoms with Crippen LogP contribution in [0.1, 0.15) is 11.1 Å². The molecule has 0 aliphatic carbocycles. The van der Waals surface area contributed by atoms with E-state index in [9.17, 15) is 0 Å². The maximum Gasteiger partial charge on any atom is 0.101 e. The van der Waals surface area contributed by atoms with E-state index in [4.69, 9.17) is 5.26 Å². The van der Waals surface area contributed by atoms with Gasteiger partial charge in [0.05, 0.1) is 11.3 Å². The molecule has 0 aromatic heterocycles. The molecule has 0 N–H and O–H groups in total. The summed E-state index contributed by atoms with van der Waals surface area (Å²) >= 11 is 3.54. The summed E-state index contributed by atoms with van der Waals surface area (Å²) in [5.41, 5.74) is 2.86. The van der Waals surface area contributed by atoms with Crippen LogP contribution in [0.4, 0.5) is 5.69 Å². The summed E-state index contributed by atoms with van der Waals surface area (Å²) < 4.78 is 1.09. The van der Waals surface area contributed by atoms with E-state index in [1.54, 1.807) is 0 Å². The van der Waals surface area contributed by atoms with Crippen LogP contribution in [0, 0.1) is 11.3 Å². The van der Waals surface area contributed by atoms with E-state index in [1.165, 1.54) is 5.56 Å². The van der Waals surface area contributed by atoms with Crippen molar-refractivity contribution in [1.29, 1.82) is 5.26 Å². The lowest BCUT2D eigenvalue weighted by Gasteiger charge is -2.21. The Morgan fingerprint density at radius 3 is 2.50 bits per heavy atom. The van der Waals surface area contributed by atoms with E-state index in [0.29, 0.717) is 5.56 Å². The van der Waals surface area contributed by atoms with Crippen LogP contribution in [0.25, 0.3) is 0 Å². The van der Waals surface area contributed by atoms with E-state index < -0.39 is 0 Å². The molecule has 0 spiro atoms. The summed E-state index contributed by atoms with van der Waals surface area (Å²) in [5, 5.41) is 9.10. The standard InChI is InChI=1S/C15H13BrN2/c1-18(11-13-7-2-4-8-14(13)16)15-9-5-3-6-12(15)10-17/h2-9H,11H2,1H3. The van der Waals surface area contributed by atoms with Crippen LogP contribution in [0.5, 0.6) is 0 Å². The van der Waals surface area contributed by atoms with Crippen LogP contribution in [0.2, 0.25) is 0 Å². The Bertz CT molecular complexity index is 587. The molecule has 0 saturated heterocycles. The van der Waals surface area contributed by atoms with Crippen LogP contribution in [-0.2, 0) is 6.54 Å². The number of rotatable bonds is 3. The van der Waals surface area contributed by atoms with Crippen LogP contribution in [0.15, 0.2) is 53.0 Å². The van der Waals surface area contributed by atoms with E-state index in [2.05, 4.69) is 33.0 Å². The normalized spacial score (nSPS) is 9.83. The number of benzene rings is 2. The maximum absolute atomic E-state index is 9.10. The van der Waals surface area contributed by atoms with Crippen molar-refractivity contribution < 1.29 is 0 Å². The van der Waals surface area contributed by atoms with Gasteiger partial charge in [0.15, 0.2) is 0 Å². The average molecular weight is 301 g/mol. The van der Waals surface area contributed by atoms with Crippen LogP contribution < -0.4 is 4.90 Å². The average Bonchev–Trinajstić information content (AvgIpc) is 2.41. The van der Waals surface area contributed by atoms with Crippen LogP contribution in [0.3, 0.4) is 0 Å². The largest absolute Gasteiger partial charge is 0.369 e. The topological polar surface area (TPSA) is 27.0 Å². The van der Waals surface area contributed by atoms with Gasteiger partial charge in [-0.1, -0.05) is 46.3 Å². The summed E-state index contributed by atoms with van der Waals surface area (Å²) in [6.07, 6.45) is 0. The fourth-order valence-corrected chi connectivity index (χ4v) is 2.28. The number of hydrogen-bond donors (Lipinski definition) is 0. The first kappa shape index (κ1) is 12.7. The Balaban J connectivity index is 2.26. The van der Waals surface area contributed by atoms with Crippen molar-refractivity contribution in [3.63, 3.8) is 0 Å². The number of hydrogen-bond acceptors (Lipinski definition) is 2. The number of para-hydroxylation sites is 1. The van der Waals surface area contributed by atoms with Gasteiger partial charge >= 0.3 is 0 Å². The van der Waals surface area contributed by atoms with Gasteiger partial charge in [0.1, 0.15) is 6.07 Å². The minimum absolute atomic E-state index is 0.701. The third-order valence-electron chi connectivity index (χ3n) is 2.80. The molecule has 2 aromatic carbocycles. The first-order valence-corrected chi connectivity index (χ1v) is 6.45. The second kappa shape index (κ2) is 5.70. The predicted octanol–water partition coefficient (Wildman–Crippen LogP) is 3.96. The number of nitrogens with zero attached hydrogens (tertiary/aromatic N) is 2. The molecule has 0 aliphatic rings. The van der Waals surface area contributed by atoms with Gasteiger partial charge in [-0.15, -0.1) is 0 Å². The van der Waals surface area contributed by atoms with Gasteiger partial charge in [-0.05, 0) is 23.8 Å². The molecule has 90 valence electrons.